The van der Waals surface area contributed by atoms with Gasteiger partial charge in [0.25, 0.3) is 0 Å². The molecule has 3 aliphatic rings. The van der Waals surface area contributed by atoms with Gasteiger partial charge in [0.2, 0.25) is 0 Å². The van der Waals surface area contributed by atoms with E-state index in [1.807, 2.05) is 0 Å². The number of alkyl halides is 3. The molecule has 3 heterocycles. The number of nitriles is 1. The molecule has 3 aliphatic heterocycles. The molecule has 3 saturated heterocycles. The molecule has 0 spiro atoms. The first kappa shape index (κ1) is 14.2. The highest BCUT2D eigenvalue weighted by atomic mass is 19.4. The van der Waals surface area contributed by atoms with Crippen LogP contribution in [0.1, 0.15) is 24.0 Å². The van der Waals surface area contributed by atoms with Crippen LogP contribution >= 0.6 is 0 Å². The largest absolute Gasteiger partial charge is 0.418 e. The van der Waals surface area contributed by atoms with Gasteiger partial charge in [-0.3, -0.25) is 0 Å². The molecule has 6 heteroatoms. The Morgan fingerprint density at radius 3 is 2.48 bits per heavy atom. The normalized spacial score (nSPS) is 28.2. The van der Waals surface area contributed by atoms with Crippen LogP contribution in [-0.4, -0.2) is 30.6 Å². The van der Waals surface area contributed by atoms with Crippen molar-refractivity contribution in [1.82, 2.24) is 4.90 Å². The number of anilines is 1. The maximum atomic E-state index is 13.1. The molecule has 4 rings (SSSR count). The zero-order valence-electron chi connectivity index (χ0n) is 11.5. The minimum atomic E-state index is -4.46. The Hall–Kier alpha value is -1.74. The molecule has 1 unspecified atom stereocenters. The summed E-state index contributed by atoms with van der Waals surface area (Å²) in [6, 6.07) is 5.54. The van der Waals surface area contributed by atoms with E-state index in [2.05, 4.69) is 10.2 Å². The van der Waals surface area contributed by atoms with Crippen molar-refractivity contribution in [3.63, 3.8) is 0 Å². The summed E-state index contributed by atoms with van der Waals surface area (Å²) in [5.74, 6) is 0.437. The molecule has 1 atom stereocenters. The third-order valence-corrected chi connectivity index (χ3v) is 4.45. The maximum absolute atomic E-state index is 13.1. The highest BCUT2D eigenvalue weighted by molar-refractivity contribution is 5.56. The molecule has 0 radical (unpaired) electrons. The zero-order valence-corrected chi connectivity index (χ0v) is 11.5. The van der Waals surface area contributed by atoms with Crippen LogP contribution in [0.5, 0.6) is 0 Å². The van der Waals surface area contributed by atoms with Gasteiger partial charge in [-0.25, -0.2) is 0 Å². The summed E-state index contributed by atoms with van der Waals surface area (Å²) in [5, 5.41) is 11.8. The Kier molecular flexibility index (Phi) is 3.54. The second kappa shape index (κ2) is 5.23. The van der Waals surface area contributed by atoms with E-state index >= 15 is 0 Å². The van der Waals surface area contributed by atoms with Crippen LogP contribution in [0.2, 0.25) is 0 Å². The van der Waals surface area contributed by atoms with Crippen molar-refractivity contribution in [2.45, 2.75) is 25.1 Å². The molecule has 0 aromatic heterocycles. The SMILES string of the molecule is N#Cc1ccc(NC2CN3CCC2CC3)c(C(F)(F)F)c1. The van der Waals surface area contributed by atoms with Crippen molar-refractivity contribution in [2.24, 2.45) is 5.92 Å². The number of nitrogens with one attached hydrogen (secondary N) is 1. The van der Waals surface area contributed by atoms with Gasteiger partial charge < -0.3 is 10.2 Å². The lowest BCUT2D eigenvalue weighted by molar-refractivity contribution is -0.137. The van der Waals surface area contributed by atoms with E-state index < -0.39 is 11.7 Å². The number of piperidine rings is 3. The van der Waals surface area contributed by atoms with Crippen LogP contribution in [0.4, 0.5) is 18.9 Å². The average molecular weight is 295 g/mol. The van der Waals surface area contributed by atoms with E-state index in [-0.39, 0.29) is 17.3 Å². The second-order valence-corrected chi connectivity index (χ2v) is 5.76. The fourth-order valence-electron chi connectivity index (χ4n) is 3.30. The van der Waals surface area contributed by atoms with E-state index in [1.54, 1.807) is 6.07 Å². The lowest BCUT2D eigenvalue weighted by Gasteiger charge is -2.45. The Bertz CT molecular complexity index is 569. The van der Waals surface area contributed by atoms with Gasteiger partial charge in [-0.05, 0) is 50.0 Å². The standard InChI is InChI=1S/C15H16F3N3/c16-15(17,18)12-7-10(8-19)1-2-13(12)20-14-9-21-5-3-11(14)4-6-21/h1-2,7,11,14,20H,3-6,9H2. The summed E-state index contributed by atoms with van der Waals surface area (Å²) in [6.45, 7) is 2.88. The number of benzene rings is 1. The first-order valence-electron chi connectivity index (χ1n) is 7.07. The van der Waals surface area contributed by atoms with E-state index in [9.17, 15) is 13.2 Å². The van der Waals surface area contributed by atoms with Gasteiger partial charge in [0.05, 0.1) is 17.2 Å². The third kappa shape index (κ3) is 2.84. The predicted molar refractivity (Wildman–Crippen MR) is 72.7 cm³/mol. The molecule has 0 aliphatic carbocycles. The Labute approximate surface area is 121 Å². The summed E-state index contributed by atoms with van der Waals surface area (Å²) in [6.07, 6.45) is -2.38. The van der Waals surface area contributed by atoms with Gasteiger partial charge in [0.15, 0.2) is 0 Å². The molecule has 1 N–H and O–H groups in total. The fraction of sp³-hybridized carbons (Fsp3) is 0.533. The van der Waals surface area contributed by atoms with Gasteiger partial charge in [-0.15, -0.1) is 0 Å². The van der Waals surface area contributed by atoms with Crippen molar-refractivity contribution >= 4 is 5.69 Å². The molecule has 3 nitrogen and oxygen atoms in total. The monoisotopic (exact) mass is 295 g/mol. The zero-order chi connectivity index (χ0) is 15.0. The van der Waals surface area contributed by atoms with Gasteiger partial charge in [0.1, 0.15) is 0 Å². The van der Waals surface area contributed by atoms with Crippen LogP contribution in [0, 0.1) is 17.2 Å². The second-order valence-electron chi connectivity index (χ2n) is 5.76. The topological polar surface area (TPSA) is 39.1 Å². The number of fused-ring (bicyclic) bond motifs is 3. The molecule has 112 valence electrons. The number of hydrogen-bond acceptors (Lipinski definition) is 3. The number of nitrogens with zero attached hydrogens (tertiary/aromatic N) is 2. The number of hydrogen-bond donors (Lipinski definition) is 1. The van der Waals surface area contributed by atoms with Crippen molar-refractivity contribution in [3.8, 4) is 6.07 Å². The van der Waals surface area contributed by atoms with Crippen molar-refractivity contribution in [1.29, 1.82) is 5.26 Å². The maximum Gasteiger partial charge on any atom is 0.418 e. The van der Waals surface area contributed by atoms with Crippen molar-refractivity contribution in [2.75, 3.05) is 25.0 Å². The lowest BCUT2D eigenvalue weighted by Crippen LogP contribution is -2.53. The van der Waals surface area contributed by atoms with Gasteiger partial charge in [-0.2, -0.15) is 18.4 Å². The molecular formula is C15H16F3N3. The molecule has 1 aromatic rings. The molecule has 2 bridgehead atoms. The molecule has 21 heavy (non-hydrogen) atoms. The van der Waals surface area contributed by atoms with Gasteiger partial charge in [0, 0.05) is 18.3 Å². The van der Waals surface area contributed by atoms with E-state index in [0.29, 0.717) is 5.92 Å². The van der Waals surface area contributed by atoms with Crippen LogP contribution in [0.25, 0.3) is 0 Å². The first-order chi connectivity index (χ1) is 9.97. The predicted octanol–water partition coefficient (Wildman–Crippen LogP) is 3.08. The number of halogens is 3. The highest BCUT2D eigenvalue weighted by Crippen LogP contribution is 2.37. The number of rotatable bonds is 2. The van der Waals surface area contributed by atoms with E-state index in [4.69, 9.17) is 5.26 Å². The highest BCUT2D eigenvalue weighted by Gasteiger charge is 2.37. The van der Waals surface area contributed by atoms with E-state index in [0.717, 1.165) is 38.5 Å². The molecule has 1 aromatic carbocycles. The molecular weight excluding hydrogens is 279 g/mol. The van der Waals surface area contributed by atoms with Gasteiger partial charge in [-0.1, -0.05) is 0 Å². The van der Waals surface area contributed by atoms with Crippen LogP contribution in [-0.2, 0) is 6.18 Å². The third-order valence-electron chi connectivity index (χ3n) is 4.45. The van der Waals surface area contributed by atoms with Crippen LogP contribution < -0.4 is 5.32 Å². The Morgan fingerprint density at radius 2 is 1.95 bits per heavy atom. The van der Waals surface area contributed by atoms with E-state index in [1.165, 1.54) is 12.1 Å². The summed E-state index contributed by atoms with van der Waals surface area (Å²) in [5.41, 5.74) is -0.639. The fourth-order valence-corrected chi connectivity index (χ4v) is 3.30. The first-order valence-corrected chi connectivity index (χ1v) is 7.07. The van der Waals surface area contributed by atoms with Crippen molar-refractivity contribution in [3.05, 3.63) is 29.3 Å². The van der Waals surface area contributed by atoms with Crippen LogP contribution in [0.3, 0.4) is 0 Å². The molecule has 3 fully saturated rings. The average Bonchev–Trinajstić information content (AvgIpc) is 2.48. The minimum absolute atomic E-state index is 0.0294. The summed E-state index contributed by atoms with van der Waals surface area (Å²) in [7, 11) is 0. The van der Waals surface area contributed by atoms with Crippen molar-refractivity contribution < 1.29 is 13.2 Å². The Morgan fingerprint density at radius 1 is 1.24 bits per heavy atom. The summed E-state index contributed by atoms with van der Waals surface area (Å²) < 4.78 is 39.4. The smallest absolute Gasteiger partial charge is 0.380 e. The summed E-state index contributed by atoms with van der Waals surface area (Å²) in [4.78, 5) is 2.29. The Balaban J connectivity index is 1.87. The lowest BCUT2D eigenvalue weighted by atomic mass is 9.84. The van der Waals surface area contributed by atoms with Gasteiger partial charge >= 0.3 is 6.18 Å². The quantitative estimate of drug-likeness (QED) is 0.911. The molecule has 0 amide bonds. The minimum Gasteiger partial charge on any atom is -0.380 e. The molecule has 0 saturated carbocycles. The summed E-state index contributed by atoms with van der Waals surface area (Å²) >= 11 is 0. The van der Waals surface area contributed by atoms with Crippen LogP contribution in [0.15, 0.2) is 18.2 Å².